The molecule has 1 fully saturated rings. The maximum absolute atomic E-state index is 12.0. The zero-order valence-corrected chi connectivity index (χ0v) is 12.6. The lowest BCUT2D eigenvalue weighted by atomic mass is 10.0. The molecule has 0 aromatic heterocycles. The van der Waals surface area contributed by atoms with Crippen molar-refractivity contribution in [1.29, 1.82) is 0 Å². The van der Waals surface area contributed by atoms with Gasteiger partial charge in [0.2, 0.25) is 5.91 Å². The number of hydrogen-bond donors (Lipinski definition) is 2. The van der Waals surface area contributed by atoms with Crippen molar-refractivity contribution in [3.63, 3.8) is 0 Å². The van der Waals surface area contributed by atoms with Gasteiger partial charge in [0.1, 0.15) is 0 Å². The average molecular weight is 299 g/mol. The number of ether oxygens (including phenoxy) is 1. The summed E-state index contributed by atoms with van der Waals surface area (Å²) in [6, 6.07) is 8.09. The van der Waals surface area contributed by atoms with Gasteiger partial charge in [-0.05, 0) is 24.0 Å². The van der Waals surface area contributed by atoms with Gasteiger partial charge in [-0.3, -0.25) is 4.79 Å². The molecule has 5 heteroatoms. The normalized spacial score (nSPS) is 21.3. The maximum Gasteiger partial charge on any atom is 0.224 e. The zero-order valence-electron chi connectivity index (χ0n) is 11.8. The highest BCUT2D eigenvalue weighted by Crippen LogP contribution is 2.24. The van der Waals surface area contributed by atoms with Crippen LogP contribution >= 0.6 is 12.4 Å². The Hall–Kier alpha value is -1.10. The monoisotopic (exact) mass is 298 g/mol. The van der Waals surface area contributed by atoms with Crippen molar-refractivity contribution in [3.8, 4) is 0 Å². The first kappa shape index (κ1) is 17.0. The van der Waals surface area contributed by atoms with E-state index in [0.29, 0.717) is 13.2 Å². The number of rotatable bonds is 5. The summed E-state index contributed by atoms with van der Waals surface area (Å²) in [5.41, 5.74) is 8.14. The van der Waals surface area contributed by atoms with Gasteiger partial charge in [0, 0.05) is 19.7 Å². The van der Waals surface area contributed by atoms with E-state index in [-0.39, 0.29) is 30.3 Å². The van der Waals surface area contributed by atoms with Gasteiger partial charge >= 0.3 is 0 Å². The Labute approximate surface area is 126 Å². The summed E-state index contributed by atoms with van der Waals surface area (Å²) >= 11 is 0. The third-order valence-electron chi connectivity index (χ3n) is 3.68. The van der Waals surface area contributed by atoms with Crippen molar-refractivity contribution in [2.75, 3.05) is 7.11 Å². The van der Waals surface area contributed by atoms with Gasteiger partial charge in [0.25, 0.3) is 0 Å². The summed E-state index contributed by atoms with van der Waals surface area (Å²) in [5, 5.41) is 2.98. The quantitative estimate of drug-likeness (QED) is 0.874. The van der Waals surface area contributed by atoms with E-state index in [1.54, 1.807) is 7.11 Å². The summed E-state index contributed by atoms with van der Waals surface area (Å²) in [5.74, 6) is 0.0734. The van der Waals surface area contributed by atoms with E-state index < -0.39 is 0 Å². The molecule has 0 spiro atoms. The summed E-state index contributed by atoms with van der Waals surface area (Å²) in [4.78, 5) is 12.0. The van der Waals surface area contributed by atoms with Gasteiger partial charge < -0.3 is 15.8 Å². The van der Waals surface area contributed by atoms with Crippen LogP contribution in [-0.4, -0.2) is 19.1 Å². The summed E-state index contributed by atoms with van der Waals surface area (Å²) in [6.45, 7) is 1.15. The van der Waals surface area contributed by atoms with Crippen molar-refractivity contribution >= 4 is 18.3 Å². The maximum atomic E-state index is 12.0. The van der Waals surface area contributed by atoms with Crippen LogP contribution < -0.4 is 11.1 Å². The smallest absolute Gasteiger partial charge is 0.224 e. The molecule has 1 amide bonds. The standard InChI is InChI=1S/C15H22N2O2.ClH/c1-19-10-12-5-2-4-11(8-12)9-17-15(18)13-6-3-7-14(13)16;/h2,4-5,8,13-14H,3,6-7,9-10,16H2,1H3,(H,17,18);1H. The Morgan fingerprint density at radius 2 is 2.15 bits per heavy atom. The second-order valence-electron chi connectivity index (χ2n) is 5.17. The van der Waals surface area contributed by atoms with Crippen LogP contribution in [0.3, 0.4) is 0 Å². The van der Waals surface area contributed by atoms with Crippen molar-refractivity contribution < 1.29 is 9.53 Å². The van der Waals surface area contributed by atoms with Gasteiger partial charge in [-0.25, -0.2) is 0 Å². The average Bonchev–Trinajstić information content (AvgIpc) is 2.83. The molecule has 1 aliphatic carbocycles. The van der Waals surface area contributed by atoms with E-state index >= 15 is 0 Å². The Kier molecular flexibility index (Phi) is 6.99. The Morgan fingerprint density at radius 1 is 1.40 bits per heavy atom. The number of carbonyl (C=O) groups excluding carboxylic acids is 1. The van der Waals surface area contributed by atoms with Gasteiger partial charge in [-0.15, -0.1) is 12.4 Å². The van der Waals surface area contributed by atoms with Gasteiger partial charge in [-0.2, -0.15) is 0 Å². The van der Waals surface area contributed by atoms with E-state index in [2.05, 4.69) is 11.4 Å². The second-order valence-corrected chi connectivity index (χ2v) is 5.17. The minimum atomic E-state index is -0.0119. The first-order valence-corrected chi connectivity index (χ1v) is 6.80. The molecule has 1 aromatic rings. The van der Waals surface area contributed by atoms with Crippen molar-refractivity contribution in [1.82, 2.24) is 5.32 Å². The molecule has 1 aliphatic rings. The van der Waals surface area contributed by atoms with E-state index in [1.807, 2.05) is 18.2 Å². The lowest BCUT2D eigenvalue weighted by Gasteiger charge is -2.15. The predicted octanol–water partition coefficient (Wildman–Crippen LogP) is 2.00. The number of methoxy groups -OCH3 is 1. The molecule has 0 aliphatic heterocycles. The van der Waals surface area contributed by atoms with Crippen molar-refractivity contribution in [3.05, 3.63) is 35.4 Å². The summed E-state index contributed by atoms with van der Waals surface area (Å²) in [6.07, 6.45) is 2.93. The molecule has 0 bridgehead atoms. The lowest BCUT2D eigenvalue weighted by Crippen LogP contribution is -2.38. The fourth-order valence-corrected chi connectivity index (χ4v) is 2.63. The number of nitrogens with two attached hydrogens (primary N) is 1. The van der Waals surface area contributed by atoms with E-state index in [1.165, 1.54) is 0 Å². The molecule has 2 atom stereocenters. The van der Waals surface area contributed by atoms with Crippen LogP contribution in [0.5, 0.6) is 0 Å². The summed E-state index contributed by atoms with van der Waals surface area (Å²) < 4.78 is 5.10. The van der Waals surface area contributed by atoms with Crippen LogP contribution in [0.4, 0.5) is 0 Å². The molecule has 4 nitrogen and oxygen atoms in total. The van der Waals surface area contributed by atoms with E-state index in [9.17, 15) is 4.79 Å². The molecule has 0 saturated heterocycles. The number of amides is 1. The fourth-order valence-electron chi connectivity index (χ4n) is 2.63. The van der Waals surface area contributed by atoms with Crippen LogP contribution in [0.1, 0.15) is 30.4 Å². The van der Waals surface area contributed by atoms with Crippen molar-refractivity contribution in [2.45, 2.75) is 38.5 Å². The minimum absolute atomic E-state index is 0. The zero-order chi connectivity index (χ0) is 13.7. The second kappa shape index (κ2) is 8.25. The van der Waals surface area contributed by atoms with Crippen LogP contribution in [0.15, 0.2) is 24.3 Å². The molecule has 20 heavy (non-hydrogen) atoms. The predicted molar refractivity (Wildman–Crippen MR) is 81.6 cm³/mol. The molecular formula is C15H23ClN2O2. The molecule has 0 heterocycles. The highest BCUT2D eigenvalue weighted by Gasteiger charge is 2.29. The molecular weight excluding hydrogens is 276 g/mol. The van der Waals surface area contributed by atoms with Crippen LogP contribution in [-0.2, 0) is 22.7 Å². The highest BCUT2D eigenvalue weighted by molar-refractivity contribution is 5.85. The number of nitrogens with one attached hydrogen (secondary N) is 1. The minimum Gasteiger partial charge on any atom is -0.380 e. The van der Waals surface area contributed by atoms with Crippen LogP contribution in [0, 0.1) is 5.92 Å². The number of hydrogen-bond acceptors (Lipinski definition) is 3. The third-order valence-corrected chi connectivity index (χ3v) is 3.68. The Bertz CT molecular complexity index is 440. The highest BCUT2D eigenvalue weighted by atomic mass is 35.5. The SMILES string of the molecule is COCc1cccc(CNC(=O)C2CCCC2N)c1.Cl. The topological polar surface area (TPSA) is 64.3 Å². The summed E-state index contributed by atoms with van der Waals surface area (Å²) in [7, 11) is 1.68. The molecule has 0 radical (unpaired) electrons. The van der Waals surface area contributed by atoms with Crippen LogP contribution in [0.25, 0.3) is 0 Å². The molecule has 3 N–H and O–H groups in total. The van der Waals surface area contributed by atoms with Gasteiger partial charge in [0.15, 0.2) is 0 Å². The van der Waals surface area contributed by atoms with Gasteiger partial charge in [0.05, 0.1) is 12.5 Å². The Balaban J connectivity index is 0.00000200. The largest absolute Gasteiger partial charge is 0.380 e. The van der Waals surface area contributed by atoms with E-state index in [4.69, 9.17) is 10.5 Å². The molecule has 112 valence electrons. The Morgan fingerprint density at radius 3 is 2.80 bits per heavy atom. The van der Waals surface area contributed by atoms with Gasteiger partial charge in [-0.1, -0.05) is 30.7 Å². The van der Waals surface area contributed by atoms with E-state index in [0.717, 1.165) is 30.4 Å². The molecule has 1 saturated carbocycles. The lowest BCUT2D eigenvalue weighted by molar-refractivity contribution is -0.125. The number of carbonyl (C=O) groups is 1. The number of benzene rings is 1. The third kappa shape index (κ3) is 4.47. The van der Waals surface area contributed by atoms with Crippen molar-refractivity contribution in [2.24, 2.45) is 11.7 Å². The fraction of sp³-hybridized carbons (Fsp3) is 0.533. The number of halogens is 1. The van der Waals surface area contributed by atoms with Crippen LogP contribution in [0.2, 0.25) is 0 Å². The molecule has 2 rings (SSSR count). The molecule has 1 aromatic carbocycles. The molecule has 2 unspecified atom stereocenters. The first-order chi connectivity index (χ1) is 9.20. The first-order valence-electron chi connectivity index (χ1n) is 6.80.